The zero-order valence-electron chi connectivity index (χ0n) is 76.8. The molecule has 0 spiro atoms. The monoisotopic (exact) mass is 1780 g/mol. The van der Waals surface area contributed by atoms with Crippen molar-refractivity contribution in [2.75, 3.05) is 9.80 Å². The standard InChI is InChI=1S/C70H46N2.C66H44N2/c1-2-19-55(20-3-1)72-67-28-13-12-22-61(67)66-46-58(43-44-68(66)72)71(56-39-35-48(36-40-56)54-34-29-47-15-4-5-17-53(47)45-54)57-41-37-52(38-42-57)70-64-25-10-8-23-62(64)69(63-24-9-11-26-65(63)70)51-32-30-50(31-33-51)60-27-14-18-49-16-6-7-21-59(49)60;1-3-18-47(19-4-1)55-23-9-10-25-57(55)66-60-28-13-11-26-58(60)65(59-27-12-14-29-61(59)66)48-35-39-53(40-36-48)67(52-37-33-46(34-38-52)50-32-31-45-17-7-8-20-49(45)43-50)54-41-42-64-62(44-54)56-24-15-16-30-63(56)68(64)51-21-5-2-6-22-51/h1-46H;1-44H. The predicted octanol–water partition coefficient (Wildman–Crippen LogP) is 37.9. The molecule has 140 heavy (non-hydrogen) atoms. The summed E-state index contributed by atoms with van der Waals surface area (Å²) in [5, 5.41) is 22.3. The van der Waals surface area contributed by atoms with E-state index in [1.54, 1.807) is 0 Å². The number of aromatic nitrogens is 2. The Morgan fingerprint density at radius 1 is 0.121 bits per heavy atom. The van der Waals surface area contributed by atoms with Crippen LogP contribution >= 0.6 is 0 Å². The molecule has 2 heterocycles. The number of anilines is 6. The summed E-state index contributed by atoms with van der Waals surface area (Å²) in [5.41, 5.74) is 33.1. The van der Waals surface area contributed by atoms with Gasteiger partial charge in [0.15, 0.2) is 0 Å². The lowest BCUT2D eigenvalue weighted by Gasteiger charge is -2.26. The molecule has 0 N–H and O–H groups in total. The molecule has 2 aromatic heterocycles. The first-order chi connectivity index (χ1) is 69.5. The van der Waals surface area contributed by atoms with Crippen molar-refractivity contribution >= 4 is 153 Å². The third-order valence-electron chi connectivity index (χ3n) is 28.5. The highest BCUT2D eigenvalue weighted by Crippen LogP contribution is 2.51. The molecule has 0 aliphatic carbocycles. The summed E-state index contributed by atoms with van der Waals surface area (Å²) in [4.78, 5) is 4.81. The minimum Gasteiger partial charge on any atom is -0.310 e. The average Bonchev–Trinajstić information content (AvgIpc) is 0.987. The smallest absolute Gasteiger partial charge is 0.0542 e. The van der Waals surface area contributed by atoms with E-state index in [0.29, 0.717) is 0 Å². The van der Waals surface area contributed by atoms with E-state index in [0.717, 1.165) is 45.5 Å². The van der Waals surface area contributed by atoms with Gasteiger partial charge < -0.3 is 18.9 Å². The highest BCUT2D eigenvalue weighted by atomic mass is 15.1. The third-order valence-corrected chi connectivity index (χ3v) is 28.5. The van der Waals surface area contributed by atoms with E-state index in [2.05, 4.69) is 565 Å². The van der Waals surface area contributed by atoms with Gasteiger partial charge in [-0.15, -0.1) is 0 Å². The molecule has 25 aromatic carbocycles. The topological polar surface area (TPSA) is 16.3 Å². The zero-order chi connectivity index (χ0) is 92.5. The Kier molecular flexibility index (Phi) is 20.6. The van der Waals surface area contributed by atoms with Gasteiger partial charge >= 0.3 is 0 Å². The molecule has 0 unspecified atom stereocenters. The molecule has 0 aliphatic heterocycles. The first-order valence-electron chi connectivity index (χ1n) is 48.2. The van der Waals surface area contributed by atoms with Crippen molar-refractivity contribution in [1.82, 2.24) is 9.13 Å². The molecule has 0 bridgehead atoms. The molecular formula is C136H90N4. The van der Waals surface area contributed by atoms with Crippen molar-refractivity contribution in [1.29, 1.82) is 0 Å². The first kappa shape index (κ1) is 82.2. The normalized spacial score (nSPS) is 11.6. The minimum atomic E-state index is 1.08. The van der Waals surface area contributed by atoms with Gasteiger partial charge in [0.05, 0.1) is 22.1 Å². The molecule has 27 aromatic rings. The molecule has 0 amide bonds. The van der Waals surface area contributed by atoms with Gasteiger partial charge in [-0.05, 0) is 298 Å². The van der Waals surface area contributed by atoms with Gasteiger partial charge in [0, 0.05) is 67.0 Å². The van der Waals surface area contributed by atoms with Crippen molar-refractivity contribution in [3.8, 4) is 100 Å². The molecular weight excluding hydrogens is 1690 g/mol. The van der Waals surface area contributed by atoms with Gasteiger partial charge in [0.1, 0.15) is 0 Å². The summed E-state index contributed by atoms with van der Waals surface area (Å²) in [6.45, 7) is 0. The lowest BCUT2D eigenvalue weighted by atomic mass is 9.84. The molecule has 4 nitrogen and oxygen atoms in total. The second kappa shape index (κ2) is 35.1. The maximum atomic E-state index is 2.41. The van der Waals surface area contributed by atoms with E-state index >= 15 is 0 Å². The fraction of sp³-hybridized carbons (Fsp3) is 0. The van der Waals surface area contributed by atoms with Crippen LogP contribution in [0.15, 0.2) is 546 Å². The lowest BCUT2D eigenvalue weighted by molar-refractivity contribution is 1.18. The summed E-state index contributed by atoms with van der Waals surface area (Å²) in [6, 6.07) is 200. The zero-order valence-corrected chi connectivity index (χ0v) is 76.8. The molecule has 0 radical (unpaired) electrons. The quantitative estimate of drug-likeness (QED) is 0.0897. The van der Waals surface area contributed by atoms with Gasteiger partial charge in [0.2, 0.25) is 0 Å². The number of para-hydroxylation sites is 4. The number of fused-ring (bicyclic) bond motifs is 13. The average molecular weight is 1780 g/mol. The van der Waals surface area contributed by atoms with E-state index in [1.807, 2.05) is 0 Å². The van der Waals surface area contributed by atoms with Crippen LogP contribution in [0.4, 0.5) is 34.1 Å². The molecule has 0 atom stereocenters. The lowest BCUT2D eigenvalue weighted by Crippen LogP contribution is -2.10. The van der Waals surface area contributed by atoms with E-state index in [9.17, 15) is 0 Å². The summed E-state index contributed by atoms with van der Waals surface area (Å²) < 4.78 is 4.76. The largest absolute Gasteiger partial charge is 0.310 e. The molecule has 4 heteroatoms. The Morgan fingerprint density at radius 3 is 0.793 bits per heavy atom. The minimum absolute atomic E-state index is 1.08. The number of benzene rings is 25. The second-order valence-corrected chi connectivity index (χ2v) is 36.5. The van der Waals surface area contributed by atoms with Crippen molar-refractivity contribution in [3.05, 3.63) is 546 Å². The van der Waals surface area contributed by atoms with Crippen LogP contribution < -0.4 is 9.80 Å². The van der Waals surface area contributed by atoms with Crippen LogP contribution in [0.5, 0.6) is 0 Å². The van der Waals surface area contributed by atoms with E-state index < -0.39 is 0 Å². The number of rotatable bonds is 16. The Hall–Kier alpha value is -18.5. The number of hydrogen-bond donors (Lipinski definition) is 0. The highest BCUT2D eigenvalue weighted by Gasteiger charge is 2.26. The van der Waals surface area contributed by atoms with Crippen LogP contribution in [0.25, 0.3) is 219 Å². The summed E-state index contributed by atoms with van der Waals surface area (Å²) in [6.07, 6.45) is 0. The molecule has 27 rings (SSSR count). The summed E-state index contributed by atoms with van der Waals surface area (Å²) >= 11 is 0. The predicted molar refractivity (Wildman–Crippen MR) is 597 cm³/mol. The van der Waals surface area contributed by atoms with Crippen LogP contribution in [-0.4, -0.2) is 9.13 Å². The van der Waals surface area contributed by atoms with Crippen LogP contribution in [0.1, 0.15) is 0 Å². The van der Waals surface area contributed by atoms with Crippen molar-refractivity contribution < 1.29 is 0 Å². The van der Waals surface area contributed by atoms with Crippen LogP contribution in [0.3, 0.4) is 0 Å². The van der Waals surface area contributed by atoms with Gasteiger partial charge in [-0.2, -0.15) is 0 Å². The van der Waals surface area contributed by atoms with Crippen molar-refractivity contribution in [2.45, 2.75) is 0 Å². The number of hydrogen-bond acceptors (Lipinski definition) is 2. The van der Waals surface area contributed by atoms with E-state index in [-0.39, 0.29) is 0 Å². The van der Waals surface area contributed by atoms with Crippen LogP contribution in [0.2, 0.25) is 0 Å². The molecule has 0 saturated heterocycles. The molecule has 654 valence electrons. The summed E-state index contributed by atoms with van der Waals surface area (Å²) in [7, 11) is 0. The highest BCUT2D eigenvalue weighted by molar-refractivity contribution is 6.24. The van der Waals surface area contributed by atoms with Crippen molar-refractivity contribution in [2.24, 2.45) is 0 Å². The van der Waals surface area contributed by atoms with Gasteiger partial charge in [-0.1, -0.05) is 413 Å². The van der Waals surface area contributed by atoms with Crippen LogP contribution in [0, 0.1) is 0 Å². The Labute approximate surface area is 812 Å². The van der Waals surface area contributed by atoms with Crippen LogP contribution in [-0.2, 0) is 0 Å². The second-order valence-electron chi connectivity index (χ2n) is 36.5. The Balaban J connectivity index is 0.000000144. The maximum absolute atomic E-state index is 2.41. The van der Waals surface area contributed by atoms with E-state index in [4.69, 9.17) is 0 Å². The fourth-order valence-electron chi connectivity index (χ4n) is 22.0. The maximum Gasteiger partial charge on any atom is 0.0542 e. The molecule has 0 saturated carbocycles. The van der Waals surface area contributed by atoms with Crippen molar-refractivity contribution in [3.63, 3.8) is 0 Å². The van der Waals surface area contributed by atoms with Gasteiger partial charge in [0.25, 0.3) is 0 Å². The van der Waals surface area contributed by atoms with Gasteiger partial charge in [-0.25, -0.2) is 0 Å². The van der Waals surface area contributed by atoms with E-state index in [1.165, 1.54) is 208 Å². The SMILES string of the molecule is c1ccc(-c2ccccc2-c2c3ccccc3c(-c3ccc(N(c4ccc(-c5ccc6ccccc6c5)cc4)c4ccc5c(c4)c4ccccc4n5-c4ccccc4)cc3)c3ccccc23)cc1.c1ccc(-n2c3ccccc3c3cc(N(c4ccc(-c5ccc6ccccc6c5)cc4)c4ccc(-c5c6ccccc6c(-c6ccc(-c7cccc8ccccc78)cc6)c6ccccc56)cc4)ccc32)cc1. The van der Waals surface area contributed by atoms with Gasteiger partial charge in [-0.3, -0.25) is 0 Å². The molecule has 0 aliphatic rings. The Bertz CT molecular complexity index is 9330. The Morgan fingerprint density at radius 2 is 0.386 bits per heavy atom. The fourth-order valence-corrected chi connectivity index (χ4v) is 22.0. The third kappa shape index (κ3) is 14.6. The molecule has 0 fully saturated rings. The first-order valence-corrected chi connectivity index (χ1v) is 48.2. The summed E-state index contributed by atoms with van der Waals surface area (Å²) in [5.74, 6) is 0. The number of nitrogens with zero attached hydrogens (tertiary/aromatic N) is 4.